The van der Waals surface area contributed by atoms with E-state index in [4.69, 9.17) is 11.6 Å². The molecular formula is C10H16ClNO2S2. The van der Waals surface area contributed by atoms with Crippen LogP contribution in [0.5, 0.6) is 0 Å². The number of hydrogen-bond donors (Lipinski definition) is 1. The van der Waals surface area contributed by atoms with Gasteiger partial charge in [-0.2, -0.15) is 0 Å². The van der Waals surface area contributed by atoms with Crippen molar-refractivity contribution in [1.82, 2.24) is 4.72 Å². The topological polar surface area (TPSA) is 46.2 Å². The van der Waals surface area contributed by atoms with Gasteiger partial charge in [0.05, 0.1) is 5.75 Å². The second-order valence-electron chi connectivity index (χ2n) is 3.89. The van der Waals surface area contributed by atoms with Gasteiger partial charge >= 0.3 is 0 Å². The first kappa shape index (κ1) is 14.0. The molecule has 92 valence electrons. The van der Waals surface area contributed by atoms with Crippen LogP contribution >= 0.6 is 22.9 Å². The van der Waals surface area contributed by atoms with Crippen LogP contribution in [0.3, 0.4) is 0 Å². The summed E-state index contributed by atoms with van der Waals surface area (Å²) in [5.74, 6) is 0.420. The van der Waals surface area contributed by atoms with Crippen molar-refractivity contribution in [3.8, 4) is 0 Å². The first-order valence-electron chi connectivity index (χ1n) is 5.01. The van der Waals surface area contributed by atoms with E-state index in [9.17, 15) is 8.42 Å². The lowest BCUT2D eigenvalue weighted by atomic mass is 10.3. The summed E-state index contributed by atoms with van der Waals surface area (Å²) in [6.45, 7) is 4.17. The monoisotopic (exact) mass is 281 g/mol. The normalized spacial score (nSPS) is 13.9. The molecule has 0 amide bonds. The zero-order valence-electron chi connectivity index (χ0n) is 9.36. The molecule has 0 saturated carbocycles. The summed E-state index contributed by atoms with van der Waals surface area (Å²) >= 11 is 7.15. The van der Waals surface area contributed by atoms with Crippen molar-refractivity contribution in [3.05, 3.63) is 21.9 Å². The van der Waals surface area contributed by atoms with E-state index in [1.165, 1.54) is 0 Å². The fraction of sp³-hybridized carbons (Fsp3) is 0.600. The SMILES string of the molecule is Cc1ccsc1CNS(=O)(=O)CC(C)CCl. The zero-order chi connectivity index (χ0) is 12.2. The second kappa shape index (κ2) is 6.00. The average molecular weight is 282 g/mol. The highest BCUT2D eigenvalue weighted by molar-refractivity contribution is 7.89. The maximum absolute atomic E-state index is 11.6. The Morgan fingerprint density at radius 1 is 1.56 bits per heavy atom. The first-order valence-corrected chi connectivity index (χ1v) is 8.07. The number of sulfonamides is 1. The number of aryl methyl sites for hydroxylation is 1. The first-order chi connectivity index (χ1) is 7.44. The third kappa shape index (κ3) is 4.41. The van der Waals surface area contributed by atoms with Crippen molar-refractivity contribution in [3.63, 3.8) is 0 Å². The molecular weight excluding hydrogens is 266 g/mol. The highest BCUT2D eigenvalue weighted by Crippen LogP contribution is 2.15. The highest BCUT2D eigenvalue weighted by atomic mass is 35.5. The number of halogens is 1. The number of rotatable bonds is 6. The van der Waals surface area contributed by atoms with Crippen LogP contribution in [0.1, 0.15) is 17.4 Å². The number of alkyl halides is 1. The third-order valence-corrected chi connectivity index (χ3v) is 5.33. The van der Waals surface area contributed by atoms with E-state index in [1.54, 1.807) is 11.3 Å². The Bertz CT molecular complexity index is 428. The molecule has 0 bridgehead atoms. The zero-order valence-corrected chi connectivity index (χ0v) is 11.8. The van der Waals surface area contributed by atoms with Gasteiger partial charge in [0.25, 0.3) is 0 Å². The minimum Gasteiger partial charge on any atom is -0.212 e. The Labute approximate surface area is 106 Å². The predicted octanol–water partition coefficient (Wildman–Crippen LogP) is 2.35. The molecule has 0 spiro atoms. The molecule has 1 unspecified atom stereocenters. The molecule has 0 aliphatic rings. The van der Waals surface area contributed by atoms with E-state index in [0.717, 1.165) is 10.4 Å². The Morgan fingerprint density at radius 3 is 2.75 bits per heavy atom. The van der Waals surface area contributed by atoms with Gasteiger partial charge < -0.3 is 0 Å². The van der Waals surface area contributed by atoms with Gasteiger partial charge in [0.2, 0.25) is 10.0 Å². The van der Waals surface area contributed by atoms with Crippen LogP contribution in [-0.2, 0) is 16.6 Å². The van der Waals surface area contributed by atoms with Crippen molar-refractivity contribution >= 4 is 33.0 Å². The maximum Gasteiger partial charge on any atom is 0.212 e. The number of hydrogen-bond acceptors (Lipinski definition) is 3. The third-order valence-electron chi connectivity index (χ3n) is 2.19. The van der Waals surface area contributed by atoms with E-state index in [2.05, 4.69) is 4.72 Å². The minimum atomic E-state index is -3.21. The smallest absolute Gasteiger partial charge is 0.212 e. The Balaban J connectivity index is 2.52. The molecule has 0 saturated heterocycles. The molecule has 1 aromatic heterocycles. The van der Waals surface area contributed by atoms with Gasteiger partial charge in [0.15, 0.2) is 0 Å². The fourth-order valence-corrected chi connectivity index (χ4v) is 3.76. The lowest BCUT2D eigenvalue weighted by Gasteiger charge is -2.09. The van der Waals surface area contributed by atoms with Crippen LogP contribution < -0.4 is 4.72 Å². The van der Waals surface area contributed by atoms with E-state index >= 15 is 0 Å². The summed E-state index contributed by atoms with van der Waals surface area (Å²) in [6.07, 6.45) is 0. The van der Waals surface area contributed by atoms with E-state index in [1.807, 2.05) is 25.3 Å². The molecule has 0 aromatic carbocycles. The summed E-state index contributed by atoms with van der Waals surface area (Å²) < 4.78 is 25.9. The average Bonchev–Trinajstić information content (AvgIpc) is 2.60. The Hall–Kier alpha value is -0.100. The van der Waals surface area contributed by atoms with Gasteiger partial charge in [-0.05, 0) is 29.9 Å². The molecule has 0 aliphatic heterocycles. The molecule has 6 heteroatoms. The van der Waals surface area contributed by atoms with Crippen LogP contribution in [0.2, 0.25) is 0 Å². The largest absolute Gasteiger partial charge is 0.212 e. The number of thiophene rings is 1. The molecule has 1 rings (SSSR count). The van der Waals surface area contributed by atoms with Crippen LogP contribution in [-0.4, -0.2) is 20.1 Å². The molecule has 0 fully saturated rings. The van der Waals surface area contributed by atoms with Gasteiger partial charge in [-0.25, -0.2) is 13.1 Å². The molecule has 1 atom stereocenters. The summed E-state index contributed by atoms with van der Waals surface area (Å²) in [4.78, 5) is 1.06. The van der Waals surface area contributed by atoms with Crippen molar-refractivity contribution in [2.45, 2.75) is 20.4 Å². The van der Waals surface area contributed by atoms with E-state index < -0.39 is 10.0 Å². The van der Waals surface area contributed by atoms with Crippen LogP contribution in [0.15, 0.2) is 11.4 Å². The maximum atomic E-state index is 11.6. The molecule has 16 heavy (non-hydrogen) atoms. The van der Waals surface area contributed by atoms with Crippen molar-refractivity contribution in [2.75, 3.05) is 11.6 Å². The molecule has 1 heterocycles. The van der Waals surface area contributed by atoms with Crippen molar-refractivity contribution in [2.24, 2.45) is 5.92 Å². The van der Waals surface area contributed by atoms with E-state index in [0.29, 0.717) is 12.4 Å². The molecule has 1 aromatic rings. The van der Waals surface area contributed by atoms with Crippen LogP contribution in [0.4, 0.5) is 0 Å². The quantitative estimate of drug-likeness (QED) is 0.814. The number of nitrogens with one attached hydrogen (secondary N) is 1. The van der Waals surface area contributed by atoms with Gasteiger partial charge in [-0.1, -0.05) is 6.92 Å². The molecule has 0 radical (unpaired) electrons. The summed E-state index contributed by atoms with van der Waals surface area (Å²) in [5, 5.41) is 1.96. The summed E-state index contributed by atoms with van der Waals surface area (Å²) in [6, 6.07) is 1.98. The standard InChI is InChI=1S/C10H16ClNO2S2/c1-8(5-11)7-16(13,14)12-6-10-9(2)3-4-15-10/h3-4,8,12H,5-7H2,1-2H3. The predicted molar refractivity (Wildman–Crippen MR) is 69.6 cm³/mol. The minimum absolute atomic E-state index is 0.0244. The lowest BCUT2D eigenvalue weighted by molar-refractivity contribution is 0.569. The summed E-state index contributed by atoms with van der Waals surface area (Å²) in [7, 11) is -3.21. The Morgan fingerprint density at radius 2 is 2.25 bits per heavy atom. The second-order valence-corrected chi connectivity index (χ2v) is 7.05. The van der Waals surface area contributed by atoms with Gasteiger partial charge in [0.1, 0.15) is 0 Å². The lowest BCUT2D eigenvalue weighted by Crippen LogP contribution is -2.29. The van der Waals surface area contributed by atoms with Crippen molar-refractivity contribution < 1.29 is 8.42 Å². The summed E-state index contributed by atoms with van der Waals surface area (Å²) in [5.41, 5.74) is 1.12. The van der Waals surface area contributed by atoms with Crippen LogP contribution in [0.25, 0.3) is 0 Å². The Kier molecular flexibility index (Phi) is 5.24. The van der Waals surface area contributed by atoms with E-state index in [-0.39, 0.29) is 11.7 Å². The van der Waals surface area contributed by atoms with Gasteiger partial charge in [-0.3, -0.25) is 0 Å². The van der Waals surface area contributed by atoms with Gasteiger partial charge in [-0.15, -0.1) is 22.9 Å². The highest BCUT2D eigenvalue weighted by Gasteiger charge is 2.15. The molecule has 0 aliphatic carbocycles. The molecule has 3 nitrogen and oxygen atoms in total. The molecule has 1 N–H and O–H groups in total. The van der Waals surface area contributed by atoms with Crippen LogP contribution in [0, 0.1) is 12.8 Å². The van der Waals surface area contributed by atoms with Gasteiger partial charge in [0, 0.05) is 17.3 Å². The van der Waals surface area contributed by atoms with Crippen molar-refractivity contribution in [1.29, 1.82) is 0 Å². The fourth-order valence-electron chi connectivity index (χ4n) is 1.24.